The van der Waals surface area contributed by atoms with E-state index in [0.29, 0.717) is 17.9 Å². The molecule has 0 fully saturated rings. The van der Waals surface area contributed by atoms with E-state index in [4.69, 9.17) is 10.5 Å². The van der Waals surface area contributed by atoms with E-state index < -0.39 is 5.91 Å². The number of benzene rings is 2. The van der Waals surface area contributed by atoms with Crippen LogP contribution in [0, 0.1) is 0 Å². The van der Waals surface area contributed by atoms with Gasteiger partial charge in [0.2, 0.25) is 5.91 Å². The summed E-state index contributed by atoms with van der Waals surface area (Å²) in [6, 6.07) is 14.5. The van der Waals surface area contributed by atoms with E-state index in [1.807, 2.05) is 30.3 Å². The standard InChI is InChI=1S/C17H18N2O3S/c1-22-10-12-5-4-6-13(9-12)17(21)19-14-7-2-3-8-15(14)23-11-16(18)20/h2-9H,10-11H2,1H3,(H2,18,20)(H,19,21). The van der Waals surface area contributed by atoms with Gasteiger partial charge in [-0.3, -0.25) is 9.59 Å². The minimum Gasteiger partial charge on any atom is -0.380 e. The number of para-hydroxylation sites is 1. The van der Waals surface area contributed by atoms with E-state index in [9.17, 15) is 9.59 Å². The third-order valence-corrected chi connectivity index (χ3v) is 4.10. The number of nitrogens with two attached hydrogens (primary N) is 1. The molecule has 120 valence electrons. The van der Waals surface area contributed by atoms with Gasteiger partial charge in [0.05, 0.1) is 18.0 Å². The number of hydrogen-bond acceptors (Lipinski definition) is 4. The quantitative estimate of drug-likeness (QED) is 0.765. The Morgan fingerprint density at radius 3 is 2.70 bits per heavy atom. The van der Waals surface area contributed by atoms with Crippen LogP contribution in [-0.4, -0.2) is 24.7 Å². The maximum atomic E-state index is 12.4. The molecule has 2 aromatic rings. The molecule has 6 heteroatoms. The summed E-state index contributed by atoms with van der Waals surface area (Å²) < 4.78 is 5.08. The molecule has 5 nitrogen and oxygen atoms in total. The van der Waals surface area contributed by atoms with E-state index in [1.54, 1.807) is 25.3 Å². The molecule has 23 heavy (non-hydrogen) atoms. The van der Waals surface area contributed by atoms with E-state index >= 15 is 0 Å². The van der Waals surface area contributed by atoms with Crippen LogP contribution >= 0.6 is 11.8 Å². The molecule has 0 aromatic heterocycles. The summed E-state index contributed by atoms with van der Waals surface area (Å²) in [7, 11) is 1.61. The zero-order valence-electron chi connectivity index (χ0n) is 12.7. The lowest BCUT2D eigenvalue weighted by Crippen LogP contribution is -2.15. The molecule has 3 N–H and O–H groups in total. The van der Waals surface area contributed by atoms with E-state index in [1.165, 1.54) is 11.8 Å². The molecule has 0 saturated carbocycles. The second-order valence-corrected chi connectivity index (χ2v) is 5.86. The van der Waals surface area contributed by atoms with Crippen LogP contribution in [-0.2, 0) is 16.1 Å². The number of nitrogens with one attached hydrogen (secondary N) is 1. The maximum absolute atomic E-state index is 12.4. The molecule has 0 aliphatic rings. The van der Waals surface area contributed by atoms with Gasteiger partial charge < -0.3 is 15.8 Å². The second-order valence-electron chi connectivity index (χ2n) is 4.84. The molecule has 2 rings (SSSR count). The Morgan fingerprint density at radius 1 is 1.17 bits per heavy atom. The number of hydrogen-bond donors (Lipinski definition) is 2. The first kappa shape index (κ1) is 17.1. The van der Waals surface area contributed by atoms with Crippen molar-refractivity contribution in [2.24, 2.45) is 5.73 Å². The predicted molar refractivity (Wildman–Crippen MR) is 91.5 cm³/mol. The van der Waals surface area contributed by atoms with Gasteiger partial charge in [0.25, 0.3) is 5.91 Å². The number of anilines is 1. The minimum absolute atomic E-state index is 0.163. The van der Waals surface area contributed by atoms with Crippen LogP contribution in [0.4, 0.5) is 5.69 Å². The lowest BCUT2D eigenvalue weighted by Gasteiger charge is -2.11. The fraction of sp³-hybridized carbons (Fsp3) is 0.176. The van der Waals surface area contributed by atoms with Crippen LogP contribution in [0.25, 0.3) is 0 Å². The summed E-state index contributed by atoms with van der Waals surface area (Å²) in [4.78, 5) is 24.1. The normalized spacial score (nSPS) is 10.3. The van der Waals surface area contributed by atoms with Crippen LogP contribution in [0.2, 0.25) is 0 Å². The zero-order valence-corrected chi connectivity index (χ0v) is 13.6. The average Bonchev–Trinajstić information content (AvgIpc) is 2.54. The molecule has 0 aliphatic carbocycles. The van der Waals surface area contributed by atoms with Crippen LogP contribution in [0.1, 0.15) is 15.9 Å². The number of rotatable bonds is 7. The molecule has 0 atom stereocenters. The summed E-state index contributed by atoms with van der Waals surface area (Å²) in [5, 5.41) is 2.87. The molecule has 0 unspecified atom stereocenters. The molecular formula is C17H18N2O3S. The summed E-state index contributed by atoms with van der Waals surface area (Å²) in [6.45, 7) is 0.451. The van der Waals surface area contributed by atoms with Crippen molar-refractivity contribution in [1.29, 1.82) is 0 Å². The van der Waals surface area contributed by atoms with Crippen LogP contribution in [0.5, 0.6) is 0 Å². The van der Waals surface area contributed by atoms with E-state index in [2.05, 4.69) is 5.32 Å². The maximum Gasteiger partial charge on any atom is 0.255 e. The zero-order chi connectivity index (χ0) is 16.7. The number of methoxy groups -OCH3 is 1. The largest absolute Gasteiger partial charge is 0.380 e. The predicted octanol–water partition coefficient (Wildman–Crippen LogP) is 2.66. The van der Waals surface area contributed by atoms with Crippen LogP contribution < -0.4 is 11.1 Å². The number of amides is 2. The molecule has 0 saturated heterocycles. The third kappa shape index (κ3) is 5.12. The second kappa shape index (κ2) is 8.36. The van der Waals surface area contributed by atoms with Crippen molar-refractivity contribution >= 4 is 29.3 Å². The highest BCUT2D eigenvalue weighted by atomic mass is 32.2. The molecule has 2 aromatic carbocycles. The van der Waals surface area contributed by atoms with Gasteiger partial charge in [-0.1, -0.05) is 24.3 Å². The first-order chi connectivity index (χ1) is 11.1. The molecule has 0 heterocycles. The molecule has 2 amide bonds. The topological polar surface area (TPSA) is 81.4 Å². The van der Waals surface area contributed by atoms with E-state index in [0.717, 1.165) is 10.5 Å². The smallest absolute Gasteiger partial charge is 0.255 e. The van der Waals surface area contributed by atoms with Crippen LogP contribution in [0.15, 0.2) is 53.4 Å². The summed E-state index contributed by atoms with van der Waals surface area (Å²) in [5.74, 6) is -0.450. The highest BCUT2D eigenvalue weighted by Crippen LogP contribution is 2.27. The SMILES string of the molecule is COCc1cccc(C(=O)Nc2ccccc2SCC(N)=O)c1. The Labute approximate surface area is 139 Å². The summed E-state index contributed by atoms with van der Waals surface area (Å²) in [6.07, 6.45) is 0. The van der Waals surface area contributed by atoms with Crippen molar-refractivity contribution in [2.75, 3.05) is 18.2 Å². The first-order valence-electron chi connectivity index (χ1n) is 6.99. The third-order valence-electron chi connectivity index (χ3n) is 3.01. The highest BCUT2D eigenvalue weighted by Gasteiger charge is 2.10. The van der Waals surface area contributed by atoms with Crippen molar-refractivity contribution in [3.05, 3.63) is 59.7 Å². The monoisotopic (exact) mass is 330 g/mol. The Hall–Kier alpha value is -2.31. The van der Waals surface area contributed by atoms with Gasteiger partial charge in [-0.15, -0.1) is 11.8 Å². The van der Waals surface area contributed by atoms with Crippen molar-refractivity contribution in [1.82, 2.24) is 0 Å². The van der Waals surface area contributed by atoms with Gasteiger partial charge in [-0.2, -0.15) is 0 Å². The van der Waals surface area contributed by atoms with Crippen molar-refractivity contribution < 1.29 is 14.3 Å². The van der Waals surface area contributed by atoms with Gasteiger partial charge in [0.15, 0.2) is 0 Å². The average molecular weight is 330 g/mol. The Morgan fingerprint density at radius 2 is 1.96 bits per heavy atom. The lowest BCUT2D eigenvalue weighted by atomic mass is 10.1. The minimum atomic E-state index is -0.400. The fourth-order valence-corrected chi connectivity index (χ4v) is 2.76. The van der Waals surface area contributed by atoms with Gasteiger partial charge in [-0.05, 0) is 29.8 Å². The van der Waals surface area contributed by atoms with E-state index in [-0.39, 0.29) is 11.7 Å². The first-order valence-corrected chi connectivity index (χ1v) is 7.98. The summed E-state index contributed by atoms with van der Waals surface area (Å²) >= 11 is 1.29. The molecule has 0 bridgehead atoms. The molecule has 0 aliphatic heterocycles. The molecule has 0 spiro atoms. The lowest BCUT2D eigenvalue weighted by molar-refractivity contribution is -0.115. The molecule has 0 radical (unpaired) electrons. The fourth-order valence-electron chi connectivity index (χ4n) is 2.01. The number of thioether (sulfide) groups is 1. The van der Waals surface area contributed by atoms with Gasteiger partial charge >= 0.3 is 0 Å². The van der Waals surface area contributed by atoms with Crippen molar-refractivity contribution in [2.45, 2.75) is 11.5 Å². The van der Waals surface area contributed by atoms with Crippen molar-refractivity contribution in [3.63, 3.8) is 0 Å². The molecular weight excluding hydrogens is 312 g/mol. The van der Waals surface area contributed by atoms with Gasteiger partial charge in [0, 0.05) is 17.6 Å². The number of primary amides is 1. The highest BCUT2D eigenvalue weighted by molar-refractivity contribution is 8.00. The van der Waals surface area contributed by atoms with Gasteiger partial charge in [-0.25, -0.2) is 0 Å². The van der Waals surface area contributed by atoms with Crippen LogP contribution in [0.3, 0.4) is 0 Å². The van der Waals surface area contributed by atoms with Crippen molar-refractivity contribution in [3.8, 4) is 0 Å². The Kier molecular flexibility index (Phi) is 6.19. The van der Waals surface area contributed by atoms with Gasteiger partial charge in [0.1, 0.15) is 0 Å². The summed E-state index contributed by atoms with van der Waals surface area (Å²) in [5.41, 5.74) is 7.30. The Bertz CT molecular complexity index is 704. The Balaban J connectivity index is 2.13. The number of ether oxygens (including phenoxy) is 1. The number of carbonyl (C=O) groups is 2. The number of carbonyl (C=O) groups excluding carboxylic acids is 2.